The Morgan fingerprint density at radius 2 is 2.21 bits per heavy atom. The van der Waals surface area contributed by atoms with Crippen LogP contribution in [0.4, 0.5) is 11.6 Å². The van der Waals surface area contributed by atoms with Crippen molar-refractivity contribution in [1.29, 1.82) is 0 Å². The molecule has 19 heavy (non-hydrogen) atoms. The molecule has 1 saturated carbocycles. The Hall–Kier alpha value is -1.85. The van der Waals surface area contributed by atoms with E-state index < -0.39 is 6.04 Å². The van der Waals surface area contributed by atoms with Crippen LogP contribution in [0.25, 0.3) is 0 Å². The van der Waals surface area contributed by atoms with Crippen LogP contribution in [-0.4, -0.2) is 28.6 Å². The van der Waals surface area contributed by atoms with Crippen LogP contribution >= 0.6 is 0 Å². The number of nitrogens with zero attached hydrogens (tertiary/aromatic N) is 2. The van der Waals surface area contributed by atoms with E-state index in [1.807, 2.05) is 6.92 Å². The summed E-state index contributed by atoms with van der Waals surface area (Å²) in [7, 11) is 0. The van der Waals surface area contributed by atoms with Crippen LogP contribution in [0.1, 0.15) is 44.0 Å². The third kappa shape index (κ3) is 3.13. The Balaban J connectivity index is 2.16. The molecular weight excluding hydrogens is 244 g/mol. The number of hydrogen-bond acceptors (Lipinski definition) is 6. The van der Waals surface area contributed by atoms with Gasteiger partial charge in [-0.05, 0) is 33.6 Å². The van der Waals surface area contributed by atoms with E-state index in [1.165, 1.54) is 0 Å². The zero-order chi connectivity index (χ0) is 14.0. The van der Waals surface area contributed by atoms with Crippen molar-refractivity contribution >= 4 is 17.6 Å². The van der Waals surface area contributed by atoms with Crippen LogP contribution in [0.3, 0.4) is 0 Å². The molecule has 6 heteroatoms. The van der Waals surface area contributed by atoms with Crippen molar-refractivity contribution in [1.82, 2.24) is 9.97 Å². The second kappa shape index (κ2) is 5.42. The fourth-order valence-corrected chi connectivity index (χ4v) is 1.75. The van der Waals surface area contributed by atoms with E-state index in [2.05, 4.69) is 15.3 Å². The Kier molecular flexibility index (Phi) is 3.87. The minimum absolute atomic E-state index is 0.299. The number of aromatic nitrogens is 2. The number of hydrogen-bond donors (Lipinski definition) is 2. The van der Waals surface area contributed by atoms with Crippen LogP contribution < -0.4 is 11.1 Å². The molecule has 104 valence electrons. The van der Waals surface area contributed by atoms with Crippen LogP contribution in [0.5, 0.6) is 0 Å². The molecule has 0 saturated heterocycles. The zero-order valence-corrected chi connectivity index (χ0v) is 11.6. The Labute approximate surface area is 112 Å². The lowest BCUT2D eigenvalue weighted by molar-refractivity contribution is -0.143. The normalized spacial score (nSPS) is 15.9. The number of nitrogens with two attached hydrogens (primary N) is 1. The molecule has 1 atom stereocenters. The Bertz CT molecular complexity index is 486. The number of esters is 1. The number of carbonyl (C=O) groups is 1. The highest BCUT2D eigenvalue weighted by Gasteiger charge is 2.28. The number of anilines is 2. The number of nitrogen functional groups attached to an aromatic ring is 1. The summed E-state index contributed by atoms with van der Waals surface area (Å²) in [6.45, 7) is 5.73. The predicted octanol–water partition coefficient (Wildman–Crippen LogP) is 1.61. The van der Waals surface area contributed by atoms with Gasteiger partial charge in [-0.25, -0.2) is 14.8 Å². The van der Waals surface area contributed by atoms with Crippen molar-refractivity contribution in [2.75, 3.05) is 17.7 Å². The van der Waals surface area contributed by atoms with Gasteiger partial charge in [-0.15, -0.1) is 0 Å². The molecule has 0 spiro atoms. The summed E-state index contributed by atoms with van der Waals surface area (Å²) < 4.78 is 4.96. The standard InChI is InChI=1S/C13H20N4O2/c1-4-19-13(18)8(3)15-11-7(2)10(14)16-12(17-11)9-5-6-9/h8-9H,4-6H2,1-3H3,(H3,14,15,16,17). The van der Waals surface area contributed by atoms with Crippen LogP contribution in [0, 0.1) is 6.92 Å². The summed E-state index contributed by atoms with van der Waals surface area (Å²) in [6.07, 6.45) is 2.21. The Morgan fingerprint density at radius 1 is 1.53 bits per heavy atom. The first-order valence-corrected chi connectivity index (χ1v) is 6.60. The van der Waals surface area contributed by atoms with Crippen LogP contribution in [0.15, 0.2) is 0 Å². The van der Waals surface area contributed by atoms with E-state index in [0.29, 0.717) is 24.2 Å². The van der Waals surface area contributed by atoms with Gasteiger partial charge < -0.3 is 15.8 Å². The summed E-state index contributed by atoms with van der Waals surface area (Å²) >= 11 is 0. The number of nitrogens with one attached hydrogen (secondary N) is 1. The number of rotatable bonds is 5. The topological polar surface area (TPSA) is 90.1 Å². The predicted molar refractivity (Wildman–Crippen MR) is 72.9 cm³/mol. The average Bonchev–Trinajstić information content (AvgIpc) is 3.19. The first-order valence-electron chi connectivity index (χ1n) is 6.60. The molecule has 0 aliphatic heterocycles. The lowest BCUT2D eigenvalue weighted by Crippen LogP contribution is -2.29. The first kappa shape index (κ1) is 13.6. The van der Waals surface area contributed by atoms with Crippen molar-refractivity contribution in [3.63, 3.8) is 0 Å². The van der Waals surface area contributed by atoms with Gasteiger partial charge in [0.15, 0.2) is 0 Å². The fraction of sp³-hybridized carbons (Fsp3) is 0.615. The lowest BCUT2D eigenvalue weighted by Gasteiger charge is -2.16. The van der Waals surface area contributed by atoms with Gasteiger partial charge in [-0.1, -0.05) is 0 Å². The minimum atomic E-state index is -0.458. The van der Waals surface area contributed by atoms with Crippen molar-refractivity contribution in [3.05, 3.63) is 11.4 Å². The van der Waals surface area contributed by atoms with E-state index in [0.717, 1.165) is 24.2 Å². The molecule has 0 radical (unpaired) electrons. The summed E-state index contributed by atoms with van der Waals surface area (Å²) in [5, 5.41) is 3.05. The van der Waals surface area contributed by atoms with E-state index in [-0.39, 0.29) is 5.97 Å². The molecule has 0 bridgehead atoms. The van der Waals surface area contributed by atoms with Crippen LogP contribution in [-0.2, 0) is 9.53 Å². The molecule has 1 aliphatic carbocycles. The van der Waals surface area contributed by atoms with E-state index in [1.54, 1.807) is 13.8 Å². The Morgan fingerprint density at radius 3 is 2.79 bits per heavy atom. The molecule has 0 aromatic carbocycles. The molecule has 0 amide bonds. The maximum Gasteiger partial charge on any atom is 0.328 e. The summed E-state index contributed by atoms with van der Waals surface area (Å²) in [5.41, 5.74) is 6.65. The monoisotopic (exact) mass is 264 g/mol. The van der Waals surface area contributed by atoms with E-state index in [9.17, 15) is 4.79 Å². The van der Waals surface area contributed by atoms with Gasteiger partial charge in [0.05, 0.1) is 6.61 Å². The highest BCUT2D eigenvalue weighted by atomic mass is 16.5. The van der Waals surface area contributed by atoms with Gasteiger partial charge in [-0.2, -0.15) is 0 Å². The average molecular weight is 264 g/mol. The molecule has 3 N–H and O–H groups in total. The quantitative estimate of drug-likeness (QED) is 0.785. The SMILES string of the molecule is CCOC(=O)C(C)Nc1nc(C2CC2)nc(N)c1C. The second-order valence-electron chi connectivity index (χ2n) is 4.83. The molecule has 1 aromatic heterocycles. The van der Waals surface area contributed by atoms with Crippen molar-refractivity contribution < 1.29 is 9.53 Å². The zero-order valence-electron chi connectivity index (χ0n) is 11.6. The summed E-state index contributed by atoms with van der Waals surface area (Å²) in [6, 6.07) is -0.458. The smallest absolute Gasteiger partial charge is 0.328 e. The molecular formula is C13H20N4O2. The maximum absolute atomic E-state index is 11.6. The van der Waals surface area contributed by atoms with Gasteiger partial charge in [0.2, 0.25) is 0 Å². The number of carbonyl (C=O) groups excluding carboxylic acids is 1. The van der Waals surface area contributed by atoms with Gasteiger partial charge >= 0.3 is 5.97 Å². The second-order valence-corrected chi connectivity index (χ2v) is 4.83. The largest absolute Gasteiger partial charge is 0.464 e. The fourth-order valence-electron chi connectivity index (χ4n) is 1.75. The van der Waals surface area contributed by atoms with Crippen molar-refractivity contribution in [2.24, 2.45) is 0 Å². The molecule has 1 heterocycles. The molecule has 1 unspecified atom stereocenters. The third-order valence-corrected chi connectivity index (χ3v) is 3.14. The van der Waals surface area contributed by atoms with Crippen LogP contribution in [0.2, 0.25) is 0 Å². The lowest BCUT2D eigenvalue weighted by atomic mass is 10.2. The highest BCUT2D eigenvalue weighted by molar-refractivity contribution is 5.79. The third-order valence-electron chi connectivity index (χ3n) is 3.14. The van der Waals surface area contributed by atoms with Gasteiger partial charge in [0, 0.05) is 11.5 Å². The van der Waals surface area contributed by atoms with Crippen molar-refractivity contribution in [3.8, 4) is 0 Å². The van der Waals surface area contributed by atoms with Gasteiger partial charge in [-0.3, -0.25) is 0 Å². The summed E-state index contributed by atoms with van der Waals surface area (Å²) in [4.78, 5) is 20.4. The molecule has 1 aromatic rings. The molecule has 6 nitrogen and oxygen atoms in total. The summed E-state index contributed by atoms with van der Waals surface area (Å²) in [5.74, 6) is 1.97. The first-order chi connectivity index (χ1) is 9.02. The molecule has 1 aliphatic rings. The molecule has 1 fully saturated rings. The minimum Gasteiger partial charge on any atom is -0.464 e. The highest BCUT2D eigenvalue weighted by Crippen LogP contribution is 2.39. The van der Waals surface area contributed by atoms with E-state index in [4.69, 9.17) is 10.5 Å². The van der Waals surface area contributed by atoms with E-state index >= 15 is 0 Å². The molecule has 2 rings (SSSR count). The maximum atomic E-state index is 11.6. The van der Waals surface area contributed by atoms with Crippen molar-refractivity contribution in [2.45, 2.75) is 45.6 Å². The van der Waals surface area contributed by atoms with Gasteiger partial charge in [0.1, 0.15) is 23.5 Å². The van der Waals surface area contributed by atoms with Gasteiger partial charge in [0.25, 0.3) is 0 Å². The number of ether oxygens (including phenoxy) is 1.